The van der Waals surface area contributed by atoms with Gasteiger partial charge in [0.15, 0.2) is 6.61 Å². The average molecular weight is 499 g/mol. The number of aryl methyl sites for hydroxylation is 1. The van der Waals surface area contributed by atoms with Crippen molar-refractivity contribution in [3.63, 3.8) is 0 Å². The minimum atomic E-state index is -0.160. The summed E-state index contributed by atoms with van der Waals surface area (Å²) in [6, 6.07) is 16.3. The van der Waals surface area contributed by atoms with E-state index in [1.807, 2.05) is 56.3 Å². The molecule has 37 heavy (non-hydrogen) atoms. The number of nitrogens with zero attached hydrogens (tertiary/aromatic N) is 5. The summed E-state index contributed by atoms with van der Waals surface area (Å²) < 4.78 is 13.3. The molecular weight excluding hydrogens is 468 g/mol. The Balaban J connectivity index is 1.52. The van der Waals surface area contributed by atoms with Gasteiger partial charge in [0.25, 0.3) is 0 Å². The summed E-state index contributed by atoms with van der Waals surface area (Å²) in [5, 5.41) is 17.9. The third kappa shape index (κ3) is 4.75. The molecule has 2 heterocycles. The minimum absolute atomic E-state index is 0.0517. The van der Waals surface area contributed by atoms with Gasteiger partial charge >= 0.3 is 6.03 Å². The van der Waals surface area contributed by atoms with Gasteiger partial charge in [0.2, 0.25) is 11.7 Å². The number of rotatable bonds is 7. The maximum atomic E-state index is 12.4. The number of amides is 2. The maximum Gasteiger partial charge on any atom is 0.321 e. The van der Waals surface area contributed by atoms with E-state index in [1.54, 1.807) is 18.9 Å². The summed E-state index contributed by atoms with van der Waals surface area (Å²) in [6.45, 7) is 5.80. The van der Waals surface area contributed by atoms with Crippen molar-refractivity contribution < 1.29 is 14.1 Å². The zero-order valence-electron chi connectivity index (χ0n) is 21.5. The highest BCUT2D eigenvalue weighted by Gasteiger charge is 2.28. The van der Waals surface area contributed by atoms with Gasteiger partial charge in [-0.25, -0.2) is 4.79 Å². The number of nitriles is 1. The fraction of sp³-hybridized carbons (Fsp3) is 0.357. The topological polar surface area (TPSA) is 109 Å². The molecule has 1 aliphatic carbocycles. The summed E-state index contributed by atoms with van der Waals surface area (Å²) in [6.07, 6.45) is 3.28. The Morgan fingerprint density at radius 2 is 2.03 bits per heavy atom. The molecule has 9 heteroatoms. The summed E-state index contributed by atoms with van der Waals surface area (Å²) in [5.74, 6) is 1.66. The number of hydrogen-bond donors (Lipinski definition) is 1. The molecule has 1 aliphatic rings. The number of carbonyl (C=O) groups excluding carboxylic acids is 1. The molecule has 0 saturated heterocycles. The SMILES string of the molecule is Cc1nc(COc2ccc3c(C#N)c(-c4ccc(N(C)C(=O)NC(C)C)cc4)n(C4CCC4)c3c2)no1. The average Bonchev–Trinajstić information content (AvgIpc) is 3.41. The summed E-state index contributed by atoms with van der Waals surface area (Å²) in [5.41, 5.74) is 4.22. The minimum Gasteiger partial charge on any atom is -0.485 e. The van der Waals surface area contributed by atoms with E-state index in [0.717, 1.165) is 47.1 Å². The Bertz CT molecular complexity index is 1470. The number of nitrogens with one attached hydrogen (secondary N) is 1. The summed E-state index contributed by atoms with van der Waals surface area (Å²) in [4.78, 5) is 18.2. The molecule has 5 rings (SSSR count). The highest BCUT2D eigenvalue weighted by atomic mass is 16.5. The second-order valence-electron chi connectivity index (χ2n) is 9.70. The quantitative estimate of drug-likeness (QED) is 0.348. The van der Waals surface area contributed by atoms with Gasteiger partial charge < -0.3 is 19.1 Å². The van der Waals surface area contributed by atoms with Crippen LogP contribution in [0, 0.1) is 18.3 Å². The second-order valence-corrected chi connectivity index (χ2v) is 9.70. The Hall–Kier alpha value is -4.32. The Morgan fingerprint density at radius 3 is 2.62 bits per heavy atom. The zero-order chi connectivity index (χ0) is 26.1. The van der Waals surface area contributed by atoms with Gasteiger partial charge in [0, 0.05) is 43.2 Å². The van der Waals surface area contributed by atoms with Gasteiger partial charge in [0.05, 0.1) is 16.8 Å². The van der Waals surface area contributed by atoms with E-state index in [4.69, 9.17) is 9.26 Å². The molecule has 190 valence electrons. The largest absolute Gasteiger partial charge is 0.485 e. The summed E-state index contributed by atoms with van der Waals surface area (Å²) in [7, 11) is 1.75. The highest BCUT2D eigenvalue weighted by molar-refractivity contribution is 5.96. The first-order chi connectivity index (χ1) is 17.9. The van der Waals surface area contributed by atoms with E-state index < -0.39 is 0 Å². The molecule has 0 spiro atoms. The molecule has 2 amide bonds. The molecule has 9 nitrogen and oxygen atoms in total. The van der Waals surface area contributed by atoms with Crippen molar-refractivity contribution in [2.24, 2.45) is 0 Å². The van der Waals surface area contributed by atoms with E-state index in [2.05, 4.69) is 26.1 Å². The first-order valence-electron chi connectivity index (χ1n) is 12.5. The van der Waals surface area contributed by atoms with Gasteiger partial charge in [-0.3, -0.25) is 4.90 Å². The van der Waals surface area contributed by atoms with Crippen LogP contribution >= 0.6 is 0 Å². The van der Waals surface area contributed by atoms with Crippen LogP contribution in [0.2, 0.25) is 0 Å². The fourth-order valence-corrected chi connectivity index (χ4v) is 4.65. The number of urea groups is 1. The standard InChI is InChI=1S/C28H30N6O3/c1-17(2)30-28(35)33(4)20-10-8-19(9-11-20)27-24(15-29)23-13-12-22(36-16-26-31-18(3)37-32-26)14-25(23)34(27)21-6-5-7-21/h8-14,17,21H,5-7,16H2,1-4H3,(H,30,35). The van der Waals surface area contributed by atoms with Gasteiger partial charge in [0.1, 0.15) is 11.8 Å². The van der Waals surface area contributed by atoms with Crippen molar-refractivity contribution in [3.05, 3.63) is 59.7 Å². The molecule has 1 fully saturated rings. The molecule has 1 saturated carbocycles. The number of carbonyl (C=O) groups is 1. The monoisotopic (exact) mass is 498 g/mol. The lowest BCUT2D eigenvalue weighted by Gasteiger charge is -2.30. The maximum absolute atomic E-state index is 12.4. The first kappa shape index (κ1) is 24.4. The van der Waals surface area contributed by atoms with Gasteiger partial charge in [-0.05, 0) is 62.9 Å². The van der Waals surface area contributed by atoms with Crippen LogP contribution in [0.25, 0.3) is 22.2 Å². The number of aromatic nitrogens is 3. The van der Waals surface area contributed by atoms with E-state index >= 15 is 0 Å². The van der Waals surface area contributed by atoms with Gasteiger partial charge in [-0.2, -0.15) is 10.2 Å². The molecular formula is C28H30N6O3. The Morgan fingerprint density at radius 1 is 1.27 bits per heavy atom. The fourth-order valence-electron chi connectivity index (χ4n) is 4.65. The molecule has 2 aromatic carbocycles. The lowest BCUT2D eigenvalue weighted by Crippen LogP contribution is -2.40. The predicted octanol–water partition coefficient (Wildman–Crippen LogP) is 5.73. The van der Waals surface area contributed by atoms with Crippen LogP contribution in [-0.2, 0) is 6.61 Å². The predicted molar refractivity (Wildman–Crippen MR) is 140 cm³/mol. The lowest BCUT2D eigenvalue weighted by molar-refractivity contribution is 0.245. The van der Waals surface area contributed by atoms with Crippen molar-refractivity contribution in [1.29, 1.82) is 5.26 Å². The van der Waals surface area contributed by atoms with Crippen LogP contribution in [0.5, 0.6) is 5.75 Å². The summed E-state index contributed by atoms with van der Waals surface area (Å²) >= 11 is 0. The molecule has 0 radical (unpaired) electrons. The zero-order valence-corrected chi connectivity index (χ0v) is 21.5. The van der Waals surface area contributed by atoms with Crippen LogP contribution in [0.15, 0.2) is 47.0 Å². The number of hydrogen-bond acceptors (Lipinski definition) is 6. The third-order valence-electron chi connectivity index (χ3n) is 6.71. The van der Waals surface area contributed by atoms with Crippen molar-refractivity contribution >= 4 is 22.6 Å². The van der Waals surface area contributed by atoms with Crippen molar-refractivity contribution in [2.75, 3.05) is 11.9 Å². The van der Waals surface area contributed by atoms with Crippen LogP contribution in [0.1, 0.15) is 56.4 Å². The number of fused-ring (bicyclic) bond motifs is 1. The van der Waals surface area contributed by atoms with Crippen LogP contribution < -0.4 is 15.0 Å². The normalized spacial score (nSPS) is 13.4. The van der Waals surface area contributed by atoms with Crippen molar-refractivity contribution in [1.82, 2.24) is 20.0 Å². The Labute approximate surface area is 215 Å². The van der Waals surface area contributed by atoms with E-state index in [-0.39, 0.29) is 18.7 Å². The molecule has 0 unspecified atom stereocenters. The van der Waals surface area contributed by atoms with E-state index in [0.29, 0.717) is 29.1 Å². The molecule has 0 bridgehead atoms. The van der Waals surface area contributed by atoms with Gasteiger partial charge in [-0.15, -0.1) is 0 Å². The molecule has 0 aliphatic heterocycles. The number of ether oxygens (including phenoxy) is 1. The van der Waals surface area contributed by atoms with Crippen molar-refractivity contribution in [2.45, 2.75) is 58.7 Å². The van der Waals surface area contributed by atoms with E-state index in [1.165, 1.54) is 0 Å². The third-order valence-corrected chi connectivity index (χ3v) is 6.71. The Kier molecular flexibility index (Phi) is 6.57. The highest BCUT2D eigenvalue weighted by Crippen LogP contribution is 2.43. The lowest BCUT2D eigenvalue weighted by atomic mass is 9.92. The molecule has 1 N–H and O–H groups in total. The second kappa shape index (κ2) is 9.97. The molecule has 2 aromatic heterocycles. The smallest absolute Gasteiger partial charge is 0.321 e. The van der Waals surface area contributed by atoms with Gasteiger partial charge in [-0.1, -0.05) is 17.3 Å². The molecule has 4 aromatic rings. The number of benzene rings is 2. The first-order valence-corrected chi connectivity index (χ1v) is 12.5. The van der Waals surface area contributed by atoms with Crippen LogP contribution in [0.4, 0.5) is 10.5 Å². The van der Waals surface area contributed by atoms with E-state index in [9.17, 15) is 10.1 Å². The van der Waals surface area contributed by atoms with Crippen LogP contribution in [0.3, 0.4) is 0 Å². The molecule has 0 atom stereocenters. The van der Waals surface area contributed by atoms with Crippen LogP contribution in [-0.4, -0.2) is 33.8 Å². The van der Waals surface area contributed by atoms with Crippen molar-refractivity contribution in [3.8, 4) is 23.1 Å². The number of anilines is 1.